The number of aromatic hydroxyl groups is 2. The van der Waals surface area contributed by atoms with Crippen molar-refractivity contribution in [3.8, 4) is 11.5 Å². The van der Waals surface area contributed by atoms with Gasteiger partial charge in [-0.2, -0.15) is 0 Å². The number of carboxylic acids is 2. The van der Waals surface area contributed by atoms with E-state index in [-0.39, 0.29) is 62.0 Å². The Kier molecular flexibility index (Phi) is 9.41. The van der Waals surface area contributed by atoms with E-state index >= 15 is 0 Å². The number of aliphatic carboxylic acids is 2. The molecule has 2 aromatic rings. The van der Waals surface area contributed by atoms with Gasteiger partial charge in [0.25, 0.3) is 0 Å². The summed E-state index contributed by atoms with van der Waals surface area (Å²) in [5.74, 6) is -2.92. The summed E-state index contributed by atoms with van der Waals surface area (Å²) >= 11 is 0. The van der Waals surface area contributed by atoms with Crippen LogP contribution in [0.4, 0.5) is 0 Å². The molecule has 2 aromatic carbocycles. The Hall–Kier alpha value is -3.18. The van der Waals surface area contributed by atoms with Gasteiger partial charge in [-0.1, -0.05) is 36.4 Å². The van der Waals surface area contributed by atoms with Gasteiger partial charge in [0.1, 0.15) is 23.6 Å². The fourth-order valence-electron chi connectivity index (χ4n) is 3.66. The summed E-state index contributed by atoms with van der Waals surface area (Å²) in [5, 5.41) is 58.9. The van der Waals surface area contributed by atoms with Gasteiger partial charge in [-0.3, -0.25) is 19.4 Å². The molecule has 0 unspecified atom stereocenters. The van der Waals surface area contributed by atoms with Crippen molar-refractivity contribution in [1.29, 1.82) is 0 Å². The lowest BCUT2D eigenvalue weighted by Gasteiger charge is -2.34. The number of phenols is 2. The Bertz CT molecular complexity index is 834. The topological polar surface area (TPSA) is 162 Å². The minimum absolute atomic E-state index is 0.00321. The third kappa shape index (κ3) is 6.17. The van der Waals surface area contributed by atoms with E-state index in [4.69, 9.17) is 0 Å². The molecule has 0 aromatic heterocycles. The van der Waals surface area contributed by atoms with Gasteiger partial charge >= 0.3 is 11.9 Å². The van der Waals surface area contributed by atoms with Crippen molar-refractivity contribution >= 4 is 11.9 Å². The zero-order chi connectivity index (χ0) is 23.7. The van der Waals surface area contributed by atoms with E-state index in [1.165, 1.54) is 34.1 Å². The number of benzene rings is 2. The van der Waals surface area contributed by atoms with Crippen molar-refractivity contribution in [3.05, 3.63) is 59.7 Å². The standard InChI is InChI=1S/C22H28N2O8/c25-13-11-23(19(21(29)30)15-5-1-3-7-17(15)27)9-10-24(12-14-26)20(22(31)32)16-6-2-4-8-18(16)28/h1-8,19-20,25-28H,9-14H2,(H,29,30)(H,31,32)/t19-,20-/m1/s1. The summed E-state index contributed by atoms with van der Waals surface area (Å²) in [6.45, 7) is -0.815. The van der Waals surface area contributed by atoms with Gasteiger partial charge in [-0.25, -0.2) is 0 Å². The monoisotopic (exact) mass is 448 g/mol. The van der Waals surface area contributed by atoms with Crippen LogP contribution < -0.4 is 0 Å². The molecule has 0 amide bonds. The molecule has 2 atom stereocenters. The molecule has 0 radical (unpaired) electrons. The first kappa shape index (κ1) is 25.1. The number of nitrogens with zero attached hydrogens (tertiary/aromatic N) is 2. The van der Waals surface area contributed by atoms with Gasteiger partial charge in [-0.15, -0.1) is 0 Å². The van der Waals surface area contributed by atoms with E-state index in [2.05, 4.69) is 0 Å². The quantitative estimate of drug-likeness (QED) is 0.256. The maximum Gasteiger partial charge on any atom is 0.325 e. The lowest BCUT2D eigenvalue weighted by molar-refractivity contribution is -0.146. The second kappa shape index (κ2) is 12.0. The molecule has 0 bridgehead atoms. The van der Waals surface area contributed by atoms with E-state index in [0.717, 1.165) is 0 Å². The van der Waals surface area contributed by atoms with Crippen LogP contribution in [0.15, 0.2) is 48.5 Å². The molecule has 0 aliphatic rings. The Balaban J connectivity index is 2.34. The number of hydrogen-bond donors (Lipinski definition) is 6. The minimum atomic E-state index is -1.28. The third-order valence-corrected chi connectivity index (χ3v) is 5.11. The number of para-hydroxylation sites is 2. The summed E-state index contributed by atoms with van der Waals surface area (Å²) < 4.78 is 0. The van der Waals surface area contributed by atoms with Crippen LogP contribution in [-0.4, -0.2) is 91.8 Å². The first-order valence-electron chi connectivity index (χ1n) is 10.0. The Morgan fingerprint density at radius 3 is 1.28 bits per heavy atom. The Labute approximate surface area is 185 Å². The zero-order valence-corrected chi connectivity index (χ0v) is 17.4. The van der Waals surface area contributed by atoms with E-state index in [1.807, 2.05) is 0 Å². The van der Waals surface area contributed by atoms with E-state index in [0.29, 0.717) is 0 Å². The summed E-state index contributed by atoms with van der Waals surface area (Å²) in [4.78, 5) is 26.9. The number of carbonyl (C=O) groups is 2. The lowest BCUT2D eigenvalue weighted by Crippen LogP contribution is -2.44. The lowest BCUT2D eigenvalue weighted by atomic mass is 10.0. The normalized spacial score (nSPS) is 13.2. The highest BCUT2D eigenvalue weighted by Crippen LogP contribution is 2.31. The summed E-state index contributed by atoms with van der Waals surface area (Å²) in [6, 6.07) is 9.36. The molecule has 0 fully saturated rings. The molecule has 10 heteroatoms. The maximum atomic E-state index is 12.0. The molecule has 0 aliphatic carbocycles. The van der Waals surface area contributed by atoms with E-state index < -0.39 is 24.0 Å². The molecule has 6 N–H and O–H groups in total. The van der Waals surface area contributed by atoms with E-state index in [9.17, 15) is 40.2 Å². The second-order valence-corrected chi connectivity index (χ2v) is 7.12. The molecule has 0 spiro atoms. The summed E-state index contributed by atoms with van der Waals surface area (Å²) in [6.07, 6.45) is 0. The summed E-state index contributed by atoms with van der Waals surface area (Å²) in [5.41, 5.74) is 0.273. The highest BCUT2D eigenvalue weighted by Gasteiger charge is 2.33. The zero-order valence-electron chi connectivity index (χ0n) is 17.4. The SMILES string of the molecule is O=C(O)[C@@H](c1ccccc1O)N(CCO)CCN(CCO)[C@@H](C(=O)O)c1ccccc1O. The predicted molar refractivity (Wildman–Crippen MR) is 114 cm³/mol. The van der Waals surface area contributed by atoms with Crippen LogP contribution >= 0.6 is 0 Å². The Morgan fingerprint density at radius 1 is 0.656 bits per heavy atom. The van der Waals surface area contributed by atoms with Crippen LogP contribution in [0.2, 0.25) is 0 Å². The van der Waals surface area contributed by atoms with Crippen LogP contribution in [-0.2, 0) is 9.59 Å². The molecule has 0 saturated heterocycles. The molecule has 2 rings (SSSR count). The van der Waals surface area contributed by atoms with Crippen molar-refractivity contribution in [2.75, 3.05) is 39.4 Å². The highest BCUT2D eigenvalue weighted by molar-refractivity contribution is 5.77. The van der Waals surface area contributed by atoms with Crippen LogP contribution in [0.5, 0.6) is 11.5 Å². The van der Waals surface area contributed by atoms with Crippen molar-refractivity contribution in [3.63, 3.8) is 0 Å². The van der Waals surface area contributed by atoms with Crippen molar-refractivity contribution in [2.45, 2.75) is 12.1 Å². The van der Waals surface area contributed by atoms with E-state index in [1.54, 1.807) is 24.3 Å². The molecule has 174 valence electrons. The molecule has 0 heterocycles. The largest absolute Gasteiger partial charge is 0.508 e. The van der Waals surface area contributed by atoms with Gasteiger partial charge in [0.15, 0.2) is 0 Å². The van der Waals surface area contributed by atoms with Crippen LogP contribution in [0.1, 0.15) is 23.2 Å². The Morgan fingerprint density at radius 2 is 1.00 bits per heavy atom. The minimum Gasteiger partial charge on any atom is -0.508 e. The van der Waals surface area contributed by atoms with Crippen LogP contribution in [0.25, 0.3) is 0 Å². The number of hydrogen-bond acceptors (Lipinski definition) is 8. The van der Waals surface area contributed by atoms with Crippen molar-refractivity contribution in [1.82, 2.24) is 9.80 Å². The molecular weight excluding hydrogens is 420 g/mol. The number of phenolic OH excluding ortho intramolecular Hbond substituents is 2. The van der Waals surface area contributed by atoms with Crippen LogP contribution in [0.3, 0.4) is 0 Å². The molecule has 32 heavy (non-hydrogen) atoms. The number of aliphatic hydroxyl groups is 2. The number of rotatable bonds is 13. The average molecular weight is 448 g/mol. The third-order valence-electron chi connectivity index (χ3n) is 5.11. The van der Waals surface area contributed by atoms with Gasteiger partial charge in [0.05, 0.1) is 13.2 Å². The smallest absolute Gasteiger partial charge is 0.325 e. The average Bonchev–Trinajstić information content (AvgIpc) is 2.74. The molecule has 0 saturated carbocycles. The highest BCUT2D eigenvalue weighted by atomic mass is 16.4. The van der Waals surface area contributed by atoms with Crippen molar-refractivity contribution < 1.29 is 40.2 Å². The molecule has 10 nitrogen and oxygen atoms in total. The fraction of sp³-hybridized carbons (Fsp3) is 0.364. The maximum absolute atomic E-state index is 12.0. The van der Waals surface area contributed by atoms with Gasteiger partial charge in [0, 0.05) is 37.3 Å². The second-order valence-electron chi connectivity index (χ2n) is 7.12. The van der Waals surface area contributed by atoms with Crippen molar-refractivity contribution in [2.24, 2.45) is 0 Å². The van der Waals surface area contributed by atoms with Gasteiger partial charge in [0.2, 0.25) is 0 Å². The molecular formula is C22H28N2O8. The fourth-order valence-corrected chi connectivity index (χ4v) is 3.66. The van der Waals surface area contributed by atoms with Crippen LogP contribution in [0, 0.1) is 0 Å². The molecule has 0 aliphatic heterocycles. The van der Waals surface area contributed by atoms with Gasteiger partial charge < -0.3 is 30.6 Å². The summed E-state index contributed by atoms with van der Waals surface area (Å²) in [7, 11) is 0. The predicted octanol–water partition coefficient (Wildman–Crippen LogP) is 0.638. The number of carboxylic acid groups (broad SMARTS) is 2. The first-order chi connectivity index (χ1) is 15.3. The number of aliphatic hydroxyl groups excluding tert-OH is 2. The first-order valence-corrected chi connectivity index (χ1v) is 10.0. The van der Waals surface area contributed by atoms with Gasteiger partial charge in [-0.05, 0) is 12.1 Å².